The molecule has 5 N–H and O–H groups in total. The molecule has 2 rings (SSSR count). The van der Waals surface area contributed by atoms with Crippen LogP contribution in [0.5, 0.6) is 0 Å². The average molecular weight is 389 g/mol. The van der Waals surface area contributed by atoms with Gasteiger partial charge in [0.25, 0.3) is 5.91 Å². The van der Waals surface area contributed by atoms with E-state index < -0.39 is 48.2 Å². The molecule has 0 aliphatic heterocycles. The van der Waals surface area contributed by atoms with Crippen molar-refractivity contribution in [1.82, 2.24) is 9.88 Å². The van der Waals surface area contributed by atoms with Crippen molar-refractivity contribution in [2.75, 3.05) is 0 Å². The molecule has 1 aromatic carbocycles. The van der Waals surface area contributed by atoms with Crippen molar-refractivity contribution in [3.05, 3.63) is 36.0 Å². The van der Waals surface area contributed by atoms with Gasteiger partial charge in [0.05, 0.1) is 6.04 Å². The summed E-state index contributed by atoms with van der Waals surface area (Å²) in [7, 11) is 0. The molecule has 0 aliphatic rings. The molecular formula is C18H19N3O7. The highest BCUT2D eigenvalue weighted by molar-refractivity contribution is 6.05. The van der Waals surface area contributed by atoms with Gasteiger partial charge in [-0.2, -0.15) is 0 Å². The van der Waals surface area contributed by atoms with E-state index in [1.807, 2.05) is 0 Å². The number of para-hydroxylation sites is 1. The molecule has 1 aromatic heterocycles. The number of hydrogen-bond acceptors (Lipinski definition) is 6. The van der Waals surface area contributed by atoms with E-state index in [0.29, 0.717) is 10.9 Å². The van der Waals surface area contributed by atoms with Gasteiger partial charge in [-0.1, -0.05) is 18.2 Å². The standard InChI is InChI=1S/C18H19N3O7/c1-9(16(25)11(8-22)15(19)18(27)28)20-17(26)13-6-10-4-2-3-5-12(10)21(13)7-14(23)24/h2-6,8-9,11,15H,7,19H2,1H3,(H,20,26)(H,23,24)(H,27,28)/t9-,11+,15?/m0/s1. The summed E-state index contributed by atoms with van der Waals surface area (Å²) in [4.78, 5) is 58.2. The minimum Gasteiger partial charge on any atom is -0.480 e. The molecule has 3 atom stereocenters. The van der Waals surface area contributed by atoms with Crippen molar-refractivity contribution in [1.29, 1.82) is 0 Å². The average Bonchev–Trinajstić information content (AvgIpc) is 3.00. The maximum absolute atomic E-state index is 12.6. The van der Waals surface area contributed by atoms with Gasteiger partial charge in [0.1, 0.15) is 30.5 Å². The number of carbonyl (C=O) groups is 5. The maximum atomic E-state index is 12.6. The summed E-state index contributed by atoms with van der Waals surface area (Å²) in [6, 6.07) is 5.29. The van der Waals surface area contributed by atoms with Crippen molar-refractivity contribution < 1.29 is 34.2 Å². The lowest BCUT2D eigenvalue weighted by Crippen LogP contribution is -2.50. The van der Waals surface area contributed by atoms with Crippen molar-refractivity contribution in [3.8, 4) is 0 Å². The Morgan fingerprint density at radius 3 is 2.43 bits per heavy atom. The molecule has 10 nitrogen and oxygen atoms in total. The molecule has 1 unspecified atom stereocenters. The normalized spacial score (nSPS) is 14.1. The van der Waals surface area contributed by atoms with Crippen LogP contribution in [0.4, 0.5) is 0 Å². The van der Waals surface area contributed by atoms with Crippen molar-refractivity contribution >= 4 is 40.8 Å². The number of benzene rings is 1. The highest BCUT2D eigenvalue weighted by atomic mass is 16.4. The van der Waals surface area contributed by atoms with Crippen LogP contribution < -0.4 is 11.1 Å². The Morgan fingerprint density at radius 2 is 1.86 bits per heavy atom. The van der Waals surface area contributed by atoms with Crippen molar-refractivity contribution in [2.24, 2.45) is 11.7 Å². The molecule has 0 fully saturated rings. The summed E-state index contributed by atoms with van der Waals surface area (Å²) in [5, 5.41) is 21.0. The van der Waals surface area contributed by atoms with E-state index in [9.17, 15) is 24.0 Å². The van der Waals surface area contributed by atoms with Gasteiger partial charge in [-0.05, 0) is 19.1 Å². The van der Waals surface area contributed by atoms with Gasteiger partial charge in [0.2, 0.25) is 0 Å². The summed E-state index contributed by atoms with van der Waals surface area (Å²) >= 11 is 0. The first-order valence-corrected chi connectivity index (χ1v) is 8.25. The predicted molar refractivity (Wildman–Crippen MR) is 96.7 cm³/mol. The molecule has 28 heavy (non-hydrogen) atoms. The minimum atomic E-state index is -1.73. The lowest BCUT2D eigenvalue weighted by atomic mass is 9.93. The second kappa shape index (κ2) is 8.44. The first kappa shape index (κ1) is 20.8. The number of rotatable bonds is 9. The highest BCUT2D eigenvalue weighted by Gasteiger charge is 2.34. The smallest absolute Gasteiger partial charge is 0.323 e. The summed E-state index contributed by atoms with van der Waals surface area (Å²) in [6.45, 7) is 0.814. The topological polar surface area (TPSA) is 169 Å². The van der Waals surface area contributed by atoms with E-state index in [1.165, 1.54) is 17.6 Å². The third-order valence-electron chi connectivity index (χ3n) is 4.26. The van der Waals surface area contributed by atoms with Crippen LogP contribution in [0.3, 0.4) is 0 Å². The number of aromatic nitrogens is 1. The monoisotopic (exact) mass is 389 g/mol. The fourth-order valence-electron chi connectivity index (χ4n) is 2.82. The van der Waals surface area contributed by atoms with Crippen LogP contribution in [0.2, 0.25) is 0 Å². The van der Waals surface area contributed by atoms with E-state index >= 15 is 0 Å². The molecule has 0 saturated heterocycles. The number of nitrogens with two attached hydrogens (primary N) is 1. The number of carbonyl (C=O) groups excluding carboxylic acids is 3. The highest BCUT2D eigenvalue weighted by Crippen LogP contribution is 2.20. The molecule has 2 aromatic rings. The maximum Gasteiger partial charge on any atom is 0.323 e. The Kier molecular flexibility index (Phi) is 6.26. The van der Waals surface area contributed by atoms with Crippen LogP contribution in [0.15, 0.2) is 30.3 Å². The number of nitrogens with one attached hydrogen (secondary N) is 1. The number of carboxylic acid groups (broad SMARTS) is 2. The lowest BCUT2D eigenvalue weighted by Gasteiger charge is -2.19. The Bertz CT molecular complexity index is 950. The van der Waals surface area contributed by atoms with Gasteiger partial charge in [0, 0.05) is 10.9 Å². The molecule has 10 heteroatoms. The molecule has 0 radical (unpaired) electrons. The number of hydrogen-bond donors (Lipinski definition) is 4. The predicted octanol–water partition coefficient (Wildman–Crippen LogP) is -0.360. The molecule has 148 valence electrons. The molecule has 1 heterocycles. The second-order valence-electron chi connectivity index (χ2n) is 6.19. The molecule has 0 saturated carbocycles. The third-order valence-corrected chi connectivity index (χ3v) is 4.26. The Morgan fingerprint density at radius 1 is 1.21 bits per heavy atom. The number of aldehydes is 1. The van der Waals surface area contributed by atoms with Crippen molar-refractivity contribution in [3.63, 3.8) is 0 Å². The number of nitrogens with zero attached hydrogens (tertiary/aromatic N) is 1. The van der Waals surface area contributed by atoms with E-state index in [1.54, 1.807) is 24.3 Å². The van der Waals surface area contributed by atoms with E-state index in [4.69, 9.17) is 15.9 Å². The number of Topliss-reactive ketones (excluding diaryl/α,β-unsaturated/α-hetero) is 1. The summed E-state index contributed by atoms with van der Waals surface area (Å²) in [5.41, 5.74) is 5.88. The van der Waals surface area contributed by atoms with Crippen molar-refractivity contribution in [2.45, 2.75) is 25.6 Å². The largest absolute Gasteiger partial charge is 0.480 e. The molecule has 0 aliphatic carbocycles. The van der Waals surface area contributed by atoms with Gasteiger partial charge in [-0.3, -0.25) is 19.2 Å². The first-order chi connectivity index (χ1) is 13.2. The van der Waals surface area contributed by atoms with Crippen LogP contribution in [0.1, 0.15) is 17.4 Å². The van der Waals surface area contributed by atoms with Gasteiger partial charge >= 0.3 is 11.9 Å². The quantitative estimate of drug-likeness (QED) is 0.333. The first-order valence-electron chi connectivity index (χ1n) is 8.25. The summed E-state index contributed by atoms with van der Waals surface area (Å²) < 4.78 is 1.28. The Labute approximate surface area is 158 Å². The number of fused-ring (bicyclic) bond motifs is 1. The van der Waals surface area contributed by atoms with Crippen LogP contribution in [0.25, 0.3) is 10.9 Å². The van der Waals surface area contributed by atoms with Crippen LogP contribution in [-0.4, -0.2) is 56.8 Å². The number of aliphatic carboxylic acids is 2. The minimum absolute atomic E-state index is 0.00781. The fraction of sp³-hybridized carbons (Fsp3) is 0.278. The fourth-order valence-corrected chi connectivity index (χ4v) is 2.82. The zero-order valence-corrected chi connectivity index (χ0v) is 14.9. The van der Waals surface area contributed by atoms with E-state index in [2.05, 4.69) is 5.32 Å². The third kappa shape index (κ3) is 4.23. The van der Waals surface area contributed by atoms with Crippen LogP contribution in [0, 0.1) is 5.92 Å². The number of ketones is 1. The number of amides is 1. The zero-order chi connectivity index (χ0) is 21.0. The molecule has 1 amide bonds. The van der Waals surface area contributed by atoms with E-state index in [0.717, 1.165) is 0 Å². The van der Waals surface area contributed by atoms with Gasteiger partial charge in [-0.15, -0.1) is 0 Å². The number of carboxylic acids is 2. The molecule has 0 spiro atoms. The SMILES string of the molecule is C[C@H](NC(=O)c1cc2ccccc2n1CC(=O)O)C(=O)[C@H](C=O)C(N)C(=O)O. The van der Waals surface area contributed by atoms with Crippen LogP contribution in [-0.2, 0) is 25.7 Å². The van der Waals surface area contributed by atoms with E-state index in [-0.39, 0.29) is 12.0 Å². The Balaban J connectivity index is 2.29. The zero-order valence-electron chi connectivity index (χ0n) is 14.9. The van der Waals surface area contributed by atoms with Gasteiger partial charge in [0.15, 0.2) is 5.78 Å². The second-order valence-corrected chi connectivity index (χ2v) is 6.19. The Hall–Kier alpha value is -3.53. The van der Waals surface area contributed by atoms with Gasteiger partial charge < -0.3 is 30.6 Å². The van der Waals surface area contributed by atoms with Gasteiger partial charge in [-0.25, -0.2) is 0 Å². The molecule has 0 bridgehead atoms. The molecular weight excluding hydrogens is 370 g/mol. The summed E-state index contributed by atoms with van der Waals surface area (Å²) in [5.74, 6) is -5.91. The lowest BCUT2D eigenvalue weighted by molar-refractivity contribution is -0.144. The van der Waals surface area contributed by atoms with Crippen LogP contribution >= 0.6 is 0 Å². The summed E-state index contributed by atoms with van der Waals surface area (Å²) in [6.07, 6.45) is 0.130.